The maximum absolute atomic E-state index is 11.9. The normalized spacial score (nSPS) is 13.0. The second-order valence-electron chi connectivity index (χ2n) is 5.43. The summed E-state index contributed by atoms with van der Waals surface area (Å²) >= 11 is 1.34. The number of hydrogen-bond acceptors (Lipinski definition) is 7. The van der Waals surface area contributed by atoms with Crippen molar-refractivity contribution in [1.29, 1.82) is 0 Å². The number of aromatic nitrogens is 2. The van der Waals surface area contributed by atoms with E-state index in [-0.39, 0.29) is 30.9 Å². The highest BCUT2D eigenvalue weighted by atomic mass is 32.1. The Hall–Kier alpha value is -2.68. The minimum absolute atomic E-state index is 0.00414. The summed E-state index contributed by atoms with van der Waals surface area (Å²) in [5.41, 5.74) is 0.523. The van der Waals surface area contributed by atoms with E-state index in [0.29, 0.717) is 22.3 Å². The fourth-order valence-corrected chi connectivity index (χ4v) is 2.74. The smallest absolute Gasteiger partial charge is 0.264 e. The third kappa shape index (κ3) is 3.80. The molecule has 0 saturated carbocycles. The summed E-state index contributed by atoms with van der Waals surface area (Å²) in [4.78, 5) is 23.2. The first kappa shape index (κ1) is 16.2. The van der Waals surface area contributed by atoms with Crippen LogP contribution in [0.3, 0.4) is 0 Å². The molecule has 9 heteroatoms. The van der Waals surface area contributed by atoms with Gasteiger partial charge in [-0.15, -0.1) is 10.2 Å². The average molecular weight is 348 g/mol. The molecule has 0 unspecified atom stereocenters. The SMILES string of the molecule is CC(C)c1nnc(NC(=O)COc2ccc3c(c2)NC(=O)CO3)s1. The Labute approximate surface area is 142 Å². The molecule has 8 nitrogen and oxygen atoms in total. The molecule has 2 heterocycles. The summed E-state index contributed by atoms with van der Waals surface area (Å²) in [5, 5.41) is 14.5. The van der Waals surface area contributed by atoms with E-state index in [1.54, 1.807) is 18.2 Å². The van der Waals surface area contributed by atoms with E-state index in [2.05, 4.69) is 20.8 Å². The van der Waals surface area contributed by atoms with Gasteiger partial charge in [0.2, 0.25) is 5.13 Å². The van der Waals surface area contributed by atoms with Gasteiger partial charge in [0.1, 0.15) is 16.5 Å². The van der Waals surface area contributed by atoms with E-state index >= 15 is 0 Å². The first-order valence-corrected chi connectivity index (χ1v) is 8.15. The first-order valence-electron chi connectivity index (χ1n) is 7.34. The van der Waals surface area contributed by atoms with Crippen molar-refractivity contribution in [3.63, 3.8) is 0 Å². The van der Waals surface area contributed by atoms with Gasteiger partial charge in [-0.3, -0.25) is 14.9 Å². The number of rotatable bonds is 5. The molecule has 2 amide bonds. The largest absolute Gasteiger partial charge is 0.484 e. The lowest BCUT2D eigenvalue weighted by Crippen LogP contribution is -2.25. The Bertz CT molecular complexity index is 775. The molecule has 2 N–H and O–H groups in total. The molecule has 0 fully saturated rings. The standard InChI is InChI=1S/C15H16N4O4S/c1-8(2)14-18-19-15(24-14)17-13(21)6-22-9-3-4-11-10(5-9)16-12(20)7-23-11/h3-5,8H,6-7H2,1-2H3,(H,16,20)(H,17,19,21). The number of nitrogens with one attached hydrogen (secondary N) is 2. The van der Waals surface area contributed by atoms with Crippen molar-refractivity contribution in [2.45, 2.75) is 19.8 Å². The van der Waals surface area contributed by atoms with Crippen LogP contribution in [-0.4, -0.2) is 35.2 Å². The average Bonchev–Trinajstić information content (AvgIpc) is 3.01. The maximum Gasteiger partial charge on any atom is 0.264 e. The van der Waals surface area contributed by atoms with Crippen molar-refractivity contribution < 1.29 is 19.1 Å². The fourth-order valence-electron chi connectivity index (χ4n) is 1.97. The number of carbonyl (C=O) groups is 2. The van der Waals surface area contributed by atoms with Crippen LogP contribution in [0.25, 0.3) is 0 Å². The van der Waals surface area contributed by atoms with Gasteiger partial charge < -0.3 is 14.8 Å². The highest BCUT2D eigenvalue weighted by Crippen LogP contribution is 2.31. The van der Waals surface area contributed by atoms with Gasteiger partial charge in [-0.25, -0.2) is 0 Å². The third-order valence-corrected chi connectivity index (χ3v) is 4.27. The summed E-state index contributed by atoms with van der Waals surface area (Å²) in [5.74, 6) is 0.725. The van der Waals surface area contributed by atoms with E-state index < -0.39 is 0 Å². The fraction of sp³-hybridized carbons (Fsp3) is 0.333. The second-order valence-corrected chi connectivity index (χ2v) is 6.44. The Morgan fingerprint density at radius 2 is 2.29 bits per heavy atom. The summed E-state index contributed by atoms with van der Waals surface area (Å²) in [6.07, 6.45) is 0. The zero-order valence-electron chi connectivity index (χ0n) is 13.2. The molecule has 1 aromatic carbocycles. The summed E-state index contributed by atoms with van der Waals surface area (Å²) in [6.45, 7) is 3.83. The lowest BCUT2D eigenvalue weighted by molar-refractivity contribution is -0.119. The van der Waals surface area contributed by atoms with Crippen molar-refractivity contribution in [3.05, 3.63) is 23.2 Å². The van der Waals surface area contributed by atoms with Crippen molar-refractivity contribution in [3.8, 4) is 11.5 Å². The Kier molecular flexibility index (Phi) is 4.61. The first-order chi connectivity index (χ1) is 11.5. The number of amides is 2. The van der Waals surface area contributed by atoms with Crippen LogP contribution in [0, 0.1) is 0 Å². The number of ether oxygens (including phenoxy) is 2. The number of carbonyl (C=O) groups excluding carboxylic acids is 2. The van der Waals surface area contributed by atoms with Gasteiger partial charge in [0.15, 0.2) is 13.2 Å². The Morgan fingerprint density at radius 3 is 3.04 bits per heavy atom. The molecule has 24 heavy (non-hydrogen) atoms. The highest BCUT2D eigenvalue weighted by Gasteiger charge is 2.17. The molecule has 0 atom stereocenters. The molecule has 2 aromatic rings. The van der Waals surface area contributed by atoms with Gasteiger partial charge in [0.05, 0.1) is 5.69 Å². The van der Waals surface area contributed by atoms with Gasteiger partial charge >= 0.3 is 0 Å². The van der Waals surface area contributed by atoms with Gasteiger partial charge in [-0.2, -0.15) is 0 Å². The molecule has 1 aliphatic heterocycles. The highest BCUT2D eigenvalue weighted by molar-refractivity contribution is 7.15. The van der Waals surface area contributed by atoms with Crippen molar-refractivity contribution in [1.82, 2.24) is 10.2 Å². The molecule has 3 rings (SSSR count). The zero-order chi connectivity index (χ0) is 17.1. The van der Waals surface area contributed by atoms with Gasteiger partial charge in [0, 0.05) is 12.0 Å². The minimum atomic E-state index is -0.334. The van der Waals surface area contributed by atoms with Crippen molar-refractivity contribution in [2.75, 3.05) is 23.8 Å². The molecule has 0 spiro atoms. The van der Waals surface area contributed by atoms with Gasteiger partial charge in [0.25, 0.3) is 11.8 Å². The zero-order valence-corrected chi connectivity index (χ0v) is 14.0. The Balaban J connectivity index is 1.56. The monoisotopic (exact) mass is 348 g/mol. The number of hydrogen-bond donors (Lipinski definition) is 2. The molecule has 0 saturated heterocycles. The molecule has 0 aliphatic carbocycles. The quantitative estimate of drug-likeness (QED) is 0.857. The molecular formula is C15H16N4O4S. The molecule has 1 aromatic heterocycles. The topological polar surface area (TPSA) is 102 Å². The number of anilines is 2. The van der Waals surface area contributed by atoms with E-state index in [1.165, 1.54) is 11.3 Å². The summed E-state index contributed by atoms with van der Waals surface area (Å²) < 4.78 is 10.7. The number of nitrogens with zero attached hydrogens (tertiary/aromatic N) is 2. The van der Waals surface area contributed by atoms with Crippen molar-refractivity contribution >= 4 is 34.0 Å². The molecule has 0 bridgehead atoms. The molecule has 0 radical (unpaired) electrons. The van der Waals surface area contributed by atoms with E-state index in [0.717, 1.165) is 5.01 Å². The van der Waals surface area contributed by atoms with Crippen LogP contribution in [0.15, 0.2) is 18.2 Å². The molecule has 126 valence electrons. The molecule has 1 aliphatic rings. The van der Waals surface area contributed by atoms with Crippen LogP contribution in [0.4, 0.5) is 10.8 Å². The second kappa shape index (κ2) is 6.83. The van der Waals surface area contributed by atoms with Crippen LogP contribution < -0.4 is 20.1 Å². The van der Waals surface area contributed by atoms with Crippen LogP contribution in [0.2, 0.25) is 0 Å². The minimum Gasteiger partial charge on any atom is -0.484 e. The summed E-state index contributed by atoms with van der Waals surface area (Å²) in [6, 6.07) is 4.97. The van der Waals surface area contributed by atoms with Crippen LogP contribution in [-0.2, 0) is 9.59 Å². The van der Waals surface area contributed by atoms with Gasteiger partial charge in [-0.1, -0.05) is 25.2 Å². The maximum atomic E-state index is 11.9. The van der Waals surface area contributed by atoms with Crippen LogP contribution in [0.1, 0.15) is 24.8 Å². The lowest BCUT2D eigenvalue weighted by Gasteiger charge is -2.18. The van der Waals surface area contributed by atoms with Crippen LogP contribution in [0.5, 0.6) is 11.5 Å². The van der Waals surface area contributed by atoms with Crippen molar-refractivity contribution in [2.24, 2.45) is 0 Å². The molecular weight excluding hydrogens is 332 g/mol. The third-order valence-electron chi connectivity index (χ3n) is 3.13. The van der Waals surface area contributed by atoms with E-state index in [9.17, 15) is 9.59 Å². The van der Waals surface area contributed by atoms with Crippen LogP contribution >= 0.6 is 11.3 Å². The number of fused-ring (bicyclic) bond motifs is 1. The lowest BCUT2D eigenvalue weighted by atomic mass is 10.2. The predicted octanol–water partition coefficient (Wildman–Crippen LogP) is 2.01. The number of benzene rings is 1. The Morgan fingerprint density at radius 1 is 1.46 bits per heavy atom. The van der Waals surface area contributed by atoms with Gasteiger partial charge in [-0.05, 0) is 12.1 Å². The van der Waals surface area contributed by atoms with E-state index in [1.807, 2.05) is 13.8 Å². The van der Waals surface area contributed by atoms with E-state index in [4.69, 9.17) is 9.47 Å². The summed E-state index contributed by atoms with van der Waals surface area (Å²) in [7, 11) is 0. The predicted molar refractivity (Wildman–Crippen MR) is 88.7 cm³/mol.